The van der Waals surface area contributed by atoms with Gasteiger partial charge >= 0.3 is 11.9 Å². The predicted molar refractivity (Wildman–Crippen MR) is 113 cm³/mol. The predicted octanol–water partition coefficient (Wildman–Crippen LogP) is 4.64. The zero-order valence-corrected chi connectivity index (χ0v) is 17.0. The van der Waals surface area contributed by atoms with Crippen molar-refractivity contribution in [3.63, 3.8) is 0 Å². The van der Waals surface area contributed by atoms with E-state index in [1.807, 2.05) is 66.7 Å². The number of benzene rings is 3. The van der Waals surface area contributed by atoms with E-state index in [1.165, 1.54) is 0 Å². The van der Waals surface area contributed by atoms with Gasteiger partial charge in [0.05, 0.1) is 22.0 Å². The van der Waals surface area contributed by atoms with Crippen LogP contribution in [0.1, 0.15) is 56.8 Å². The molecule has 2 aliphatic rings. The summed E-state index contributed by atoms with van der Waals surface area (Å²) < 4.78 is 11.1. The van der Waals surface area contributed by atoms with E-state index in [4.69, 9.17) is 9.47 Å². The van der Waals surface area contributed by atoms with E-state index in [1.54, 1.807) is 6.07 Å². The molecule has 30 heavy (non-hydrogen) atoms. The molecular formula is C26H22O4. The number of ether oxygens (including phenoxy) is 2. The van der Waals surface area contributed by atoms with E-state index in [0.29, 0.717) is 11.1 Å². The fourth-order valence-electron chi connectivity index (χ4n) is 4.67. The molecule has 3 aromatic carbocycles. The molecule has 4 nitrogen and oxygen atoms in total. The minimum atomic E-state index is -0.502. The first-order chi connectivity index (χ1) is 14.4. The lowest BCUT2D eigenvalue weighted by Gasteiger charge is -2.40. The van der Waals surface area contributed by atoms with Gasteiger partial charge in [0.25, 0.3) is 0 Å². The summed E-state index contributed by atoms with van der Waals surface area (Å²) in [6, 6.07) is 23.8. The number of carbonyl (C=O) groups is 2. The summed E-state index contributed by atoms with van der Waals surface area (Å²) in [7, 11) is 0. The van der Waals surface area contributed by atoms with Crippen LogP contribution in [-0.4, -0.2) is 25.2 Å². The van der Waals surface area contributed by atoms with Gasteiger partial charge < -0.3 is 9.47 Å². The molecule has 0 bridgehead atoms. The van der Waals surface area contributed by atoms with E-state index in [2.05, 4.69) is 13.8 Å². The number of hydrogen-bond donors (Lipinski definition) is 0. The Morgan fingerprint density at radius 3 is 1.43 bits per heavy atom. The maximum absolute atomic E-state index is 12.7. The zero-order chi connectivity index (χ0) is 20.9. The molecule has 0 amide bonds. The molecule has 4 heteroatoms. The van der Waals surface area contributed by atoms with Gasteiger partial charge in [0, 0.05) is 0 Å². The summed E-state index contributed by atoms with van der Waals surface area (Å²) in [6.07, 6.45) is 0. The molecule has 0 aromatic heterocycles. The van der Waals surface area contributed by atoms with Gasteiger partial charge in [-0.3, -0.25) is 0 Å². The van der Waals surface area contributed by atoms with Crippen LogP contribution in [0.15, 0.2) is 72.8 Å². The van der Waals surface area contributed by atoms with Crippen molar-refractivity contribution in [1.82, 2.24) is 0 Å². The van der Waals surface area contributed by atoms with Crippen LogP contribution in [0, 0.1) is 0 Å². The zero-order valence-electron chi connectivity index (χ0n) is 17.0. The first kappa shape index (κ1) is 18.6. The minimum Gasteiger partial charge on any atom is -0.461 e. The molecule has 0 saturated heterocycles. The highest BCUT2D eigenvalue weighted by atomic mass is 16.5. The van der Waals surface area contributed by atoms with Crippen LogP contribution in [0.2, 0.25) is 0 Å². The Morgan fingerprint density at radius 2 is 1.03 bits per heavy atom. The summed E-state index contributed by atoms with van der Waals surface area (Å²) in [4.78, 5) is 25.3. The second kappa shape index (κ2) is 6.56. The third-order valence-electron chi connectivity index (χ3n) is 6.59. The van der Waals surface area contributed by atoms with Crippen LogP contribution in [0.3, 0.4) is 0 Å². The van der Waals surface area contributed by atoms with Crippen molar-refractivity contribution in [3.8, 4) is 0 Å². The molecule has 0 aliphatic carbocycles. The van der Waals surface area contributed by atoms with Crippen LogP contribution < -0.4 is 0 Å². The van der Waals surface area contributed by atoms with Crippen molar-refractivity contribution in [2.75, 3.05) is 13.2 Å². The summed E-state index contributed by atoms with van der Waals surface area (Å²) >= 11 is 0. The third kappa shape index (κ3) is 2.60. The van der Waals surface area contributed by atoms with E-state index in [9.17, 15) is 9.59 Å². The number of carbonyl (C=O) groups excluding carboxylic acids is 2. The third-order valence-corrected chi connectivity index (χ3v) is 6.59. The van der Waals surface area contributed by atoms with Crippen molar-refractivity contribution in [1.29, 1.82) is 0 Å². The highest BCUT2D eigenvalue weighted by Crippen LogP contribution is 2.44. The smallest absolute Gasteiger partial charge is 0.338 e. The molecule has 5 rings (SSSR count). The Kier molecular flexibility index (Phi) is 4.07. The lowest BCUT2D eigenvalue weighted by atomic mass is 9.68. The van der Waals surface area contributed by atoms with Crippen LogP contribution in [0.25, 0.3) is 0 Å². The molecule has 2 aliphatic heterocycles. The van der Waals surface area contributed by atoms with Crippen molar-refractivity contribution in [3.05, 3.63) is 106 Å². The lowest BCUT2D eigenvalue weighted by molar-refractivity contribution is 0.0377. The normalized spacial score (nSPS) is 25.0. The second-order valence-corrected chi connectivity index (χ2v) is 8.49. The van der Waals surface area contributed by atoms with Crippen molar-refractivity contribution in [2.24, 2.45) is 0 Å². The fourth-order valence-corrected chi connectivity index (χ4v) is 4.67. The largest absolute Gasteiger partial charge is 0.461 e. The average Bonchev–Trinajstić information content (AvgIpc) is 2.80. The molecule has 0 fully saturated rings. The first-order valence-corrected chi connectivity index (χ1v) is 10.1. The van der Waals surface area contributed by atoms with Gasteiger partial charge in [-0.05, 0) is 42.2 Å². The standard InChI is InChI=1S/C26H22O4/c1-25(17-9-5-3-6-10-17)15-29-23(27)19-13-20-22(14-21(19)25)26(2,16-30-24(20)28)18-11-7-4-8-12-18/h3-14H,15-16H2,1-2H3/t25-,26+. The molecular weight excluding hydrogens is 376 g/mol. The summed E-state index contributed by atoms with van der Waals surface area (Å²) in [5, 5.41) is 0. The Bertz CT molecular complexity index is 1060. The summed E-state index contributed by atoms with van der Waals surface area (Å²) in [6.45, 7) is 4.68. The Labute approximate surface area is 175 Å². The lowest BCUT2D eigenvalue weighted by Crippen LogP contribution is -2.41. The number of cyclic esters (lactones) is 2. The van der Waals surface area contributed by atoms with Crippen LogP contribution in [0.5, 0.6) is 0 Å². The van der Waals surface area contributed by atoms with Crippen LogP contribution in [0.4, 0.5) is 0 Å². The van der Waals surface area contributed by atoms with Gasteiger partial charge in [0.2, 0.25) is 0 Å². The van der Waals surface area contributed by atoms with E-state index in [0.717, 1.165) is 22.3 Å². The van der Waals surface area contributed by atoms with Crippen molar-refractivity contribution < 1.29 is 19.1 Å². The summed E-state index contributed by atoms with van der Waals surface area (Å²) in [5.74, 6) is -0.804. The molecule has 0 radical (unpaired) electrons. The van der Waals surface area contributed by atoms with Gasteiger partial charge in [0.1, 0.15) is 13.2 Å². The second-order valence-electron chi connectivity index (χ2n) is 8.49. The van der Waals surface area contributed by atoms with Gasteiger partial charge in [-0.2, -0.15) is 0 Å². The monoisotopic (exact) mass is 398 g/mol. The molecule has 0 N–H and O–H groups in total. The number of hydrogen-bond acceptors (Lipinski definition) is 4. The average molecular weight is 398 g/mol. The maximum atomic E-state index is 12.7. The van der Waals surface area contributed by atoms with E-state index >= 15 is 0 Å². The molecule has 2 atom stereocenters. The molecule has 150 valence electrons. The van der Waals surface area contributed by atoms with Crippen molar-refractivity contribution in [2.45, 2.75) is 24.7 Å². The topological polar surface area (TPSA) is 52.6 Å². The fraction of sp³-hybridized carbons (Fsp3) is 0.231. The SMILES string of the molecule is C[C@@]1(c2ccccc2)COC(=O)c2cc3c(cc21)[C@@](C)(c1ccccc1)COC3=O. The van der Waals surface area contributed by atoms with E-state index < -0.39 is 22.8 Å². The Balaban J connectivity index is 1.78. The molecule has 0 saturated carbocycles. The maximum Gasteiger partial charge on any atom is 0.338 e. The Hall–Kier alpha value is -3.40. The minimum absolute atomic E-state index is 0.258. The Morgan fingerprint density at radius 1 is 0.633 bits per heavy atom. The van der Waals surface area contributed by atoms with Crippen LogP contribution in [-0.2, 0) is 20.3 Å². The number of esters is 2. The molecule has 0 unspecified atom stereocenters. The van der Waals surface area contributed by atoms with Gasteiger partial charge in [0.15, 0.2) is 0 Å². The molecule has 0 spiro atoms. The quantitative estimate of drug-likeness (QED) is 0.590. The first-order valence-electron chi connectivity index (χ1n) is 10.1. The number of fused-ring (bicyclic) bond motifs is 2. The van der Waals surface area contributed by atoms with Gasteiger partial charge in [-0.1, -0.05) is 66.7 Å². The number of rotatable bonds is 2. The summed E-state index contributed by atoms with van der Waals surface area (Å²) in [5.41, 5.74) is 3.77. The molecule has 3 aromatic rings. The van der Waals surface area contributed by atoms with Gasteiger partial charge in [-0.25, -0.2) is 9.59 Å². The van der Waals surface area contributed by atoms with E-state index in [-0.39, 0.29) is 13.2 Å². The highest BCUT2D eigenvalue weighted by molar-refractivity contribution is 6.00. The highest BCUT2D eigenvalue weighted by Gasteiger charge is 2.44. The van der Waals surface area contributed by atoms with Gasteiger partial charge in [-0.15, -0.1) is 0 Å². The van der Waals surface area contributed by atoms with Crippen molar-refractivity contribution >= 4 is 11.9 Å². The molecule has 2 heterocycles. The van der Waals surface area contributed by atoms with Crippen LogP contribution >= 0.6 is 0 Å².